The van der Waals surface area contributed by atoms with E-state index in [1.54, 1.807) is 0 Å². The fourth-order valence-electron chi connectivity index (χ4n) is 7.78. The van der Waals surface area contributed by atoms with E-state index < -0.39 is 20.7 Å². The van der Waals surface area contributed by atoms with Crippen LogP contribution in [0.2, 0.25) is 0 Å². The summed E-state index contributed by atoms with van der Waals surface area (Å²) in [5.74, 6) is 0. The van der Waals surface area contributed by atoms with E-state index in [1.807, 2.05) is 11.3 Å². The molecule has 5 heteroatoms. The summed E-state index contributed by atoms with van der Waals surface area (Å²) in [5, 5.41) is 7.49. The first-order chi connectivity index (χ1) is 25.7. The number of amidine groups is 1. The maximum Gasteiger partial charge on any atom is 0.303 e. The molecule has 1 aromatic heterocycles. The van der Waals surface area contributed by atoms with Gasteiger partial charge in [0.15, 0.2) is 0 Å². The molecule has 0 spiro atoms. The van der Waals surface area contributed by atoms with Gasteiger partial charge in [0.25, 0.3) is 0 Å². The van der Waals surface area contributed by atoms with Crippen LogP contribution in [0.1, 0.15) is 5.56 Å². The topological polar surface area (TPSA) is 20.4 Å². The molecule has 248 valence electrons. The number of hydrogen-bond donors (Lipinski definition) is 0. The highest BCUT2D eigenvalue weighted by Gasteiger charge is 2.35. The summed E-state index contributed by atoms with van der Waals surface area (Å²) in [4.78, 5) is 2.50. The lowest BCUT2D eigenvalue weighted by atomic mass is 9.89. The molecule has 52 heavy (non-hydrogen) atoms. The van der Waals surface area contributed by atoms with Crippen LogP contribution in [0.3, 0.4) is 0 Å². The molecule has 0 aliphatic carbocycles. The Balaban J connectivity index is 1.24. The number of nitrogens with zero attached hydrogens (tertiary/aromatic N) is 3. The van der Waals surface area contributed by atoms with Gasteiger partial charge in [-0.1, -0.05) is 156 Å². The zero-order valence-corrected chi connectivity index (χ0v) is 31.2. The Bertz CT molecular complexity index is 2890. The highest BCUT2D eigenvalue weighted by molar-refractivity contribution is 14.2. The smallest absolute Gasteiger partial charge is 0.303 e. The van der Waals surface area contributed by atoms with Crippen LogP contribution in [0.5, 0.6) is 0 Å². The molecule has 2 heterocycles. The number of rotatable bonds is 6. The van der Waals surface area contributed by atoms with Crippen molar-refractivity contribution in [3.8, 4) is 22.3 Å². The third kappa shape index (κ3) is 5.14. The quantitative estimate of drug-likeness (QED) is 0.0410. The molecule has 0 radical (unpaired) electrons. The molecule has 1 aliphatic heterocycles. The van der Waals surface area contributed by atoms with Gasteiger partial charge >= 0.3 is 3.84 Å². The second-order valence-corrected chi connectivity index (χ2v) is 15.9. The van der Waals surface area contributed by atoms with E-state index >= 15 is 0 Å². The second-order valence-electron chi connectivity index (χ2n) is 13.1. The molecular formula is C47H32IN3S. The van der Waals surface area contributed by atoms with E-state index in [2.05, 4.69) is 179 Å². The summed E-state index contributed by atoms with van der Waals surface area (Å²) in [5.41, 5.74) is 15.0. The van der Waals surface area contributed by atoms with Gasteiger partial charge in [0.2, 0.25) is 0 Å². The zero-order valence-electron chi connectivity index (χ0n) is 28.2. The number of benzene rings is 8. The van der Waals surface area contributed by atoms with E-state index in [4.69, 9.17) is 9.94 Å². The zero-order chi connectivity index (χ0) is 34.6. The second kappa shape index (κ2) is 12.9. The predicted molar refractivity (Wildman–Crippen MR) is 233 cm³/mol. The molecule has 0 amide bonds. The summed E-state index contributed by atoms with van der Waals surface area (Å²) in [7, 11) is 0. The van der Waals surface area contributed by atoms with E-state index in [-0.39, 0.29) is 0 Å². The Labute approximate surface area is 316 Å². The first-order valence-corrected chi connectivity index (χ1v) is 20.8. The highest BCUT2D eigenvalue weighted by Crippen LogP contribution is 2.51. The molecule has 0 fully saturated rings. The Kier molecular flexibility index (Phi) is 7.69. The summed E-state index contributed by atoms with van der Waals surface area (Å²) in [6, 6.07) is 61.4. The third-order valence-corrected chi connectivity index (χ3v) is 12.9. The normalized spacial score (nSPS) is 12.7. The van der Waals surface area contributed by atoms with Crippen LogP contribution in [0.25, 0.3) is 69.4 Å². The first-order valence-electron chi connectivity index (χ1n) is 17.4. The van der Waals surface area contributed by atoms with Crippen LogP contribution >= 0.6 is 32.1 Å². The molecule has 8 aromatic carbocycles. The van der Waals surface area contributed by atoms with Crippen molar-refractivity contribution in [2.24, 2.45) is 0 Å². The van der Waals surface area contributed by atoms with E-state index in [9.17, 15) is 0 Å². The van der Waals surface area contributed by atoms with Gasteiger partial charge in [-0.3, -0.25) is 0 Å². The average Bonchev–Trinajstić information content (AvgIpc) is 3.57. The molecule has 3 nitrogen and oxygen atoms in total. The summed E-state index contributed by atoms with van der Waals surface area (Å²) in [6.07, 6.45) is 0. The predicted octanol–water partition coefficient (Wildman–Crippen LogP) is 13.7. The Hall–Kier alpha value is -5.63. The molecule has 1 aliphatic rings. The van der Waals surface area contributed by atoms with E-state index in [0.717, 1.165) is 9.53 Å². The Morgan fingerprint density at radius 2 is 1.31 bits per heavy atom. The average molecular weight is 798 g/mol. The molecule has 0 bridgehead atoms. The van der Waals surface area contributed by atoms with Crippen molar-refractivity contribution in [3.05, 3.63) is 181 Å². The van der Waals surface area contributed by atoms with E-state index in [0.29, 0.717) is 6.54 Å². The van der Waals surface area contributed by atoms with Gasteiger partial charge in [-0.2, -0.15) is 4.90 Å². The molecule has 0 saturated carbocycles. The molecule has 9 aromatic rings. The maximum absolute atomic E-state index is 5.58. The van der Waals surface area contributed by atoms with Crippen molar-refractivity contribution in [2.75, 3.05) is 4.90 Å². The fourth-order valence-corrected chi connectivity index (χ4v) is 10.4. The summed E-state index contributed by atoms with van der Waals surface area (Å²) in [6.45, 7) is 0.592. The Morgan fingerprint density at radius 3 is 2.19 bits per heavy atom. The van der Waals surface area contributed by atoms with Gasteiger partial charge in [-0.05, 0) is 45.7 Å². The minimum atomic E-state index is -0.767. The van der Waals surface area contributed by atoms with E-state index in [1.165, 1.54) is 80.9 Å². The number of thiophene rings is 1. The lowest BCUT2D eigenvalue weighted by molar-refractivity contribution is -0.485. The molecule has 0 N–H and O–H groups in total. The standard InChI is InChI=1S/C47H32IN3S/c1-48-47(51-42-23-12-18-33-17-11-22-40(45(33)42)41-27-25-32-15-5-8-20-37(32)46(41)51)50(30-34-16-6-7-19-36(34)31-13-3-2-4-14-31)49-35-26-28-39-38-21-9-10-24-43(38)52-44(39)29-35/h2-29H,1,30H2/b50-47-. The molecule has 0 unspecified atom stereocenters. The van der Waals surface area contributed by atoms with Crippen LogP contribution < -0.4 is 4.90 Å². The van der Waals surface area contributed by atoms with Crippen molar-refractivity contribution in [2.45, 2.75) is 6.54 Å². The van der Waals surface area contributed by atoms with Gasteiger partial charge < -0.3 is 10.1 Å². The number of fused-ring (bicyclic) bond motifs is 7. The molecule has 10 rings (SSSR count). The minimum absolute atomic E-state index is 0.592. The summed E-state index contributed by atoms with van der Waals surface area (Å²) >= 11 is 1.06. The van der Waals surface area contributed by atoms with Gasteiger partial charge in [-0.15, -0.1) is 17.0 Å². The van der Waals surface area contributed by atoms with Gasteiger partial charge in [0, 0.05) is 62.8 Å². The monoisotopic (exact) mass is 797 g/mol. The van der Waals surface area contributed by atoms with Crippen LogP contribution in [0, 0.1) is 0 Å². The fraction of sp³-hybridized carbons (Fsp3) is 0.0213. The SMILES string of the molecule is C=I/C(N1c2c(ccc3ccccc23)-c2cccc3cccc1c23)=[N+](\Cc1ccccc1-c1ccccc1)[N-]c1ccc2c(c1)sc1ccccc12. The van der Waals surface area contributed by atoms with Crippen LogP contribution in [-0.4, -0.2) is 13.0 Å². The van der Waals surface area contributed by atoms with Crippen molar-refractivity contribution in [3.63, 3.8) is 0 Å². The van der Waals surface area contributed by atoms with Crippen molar-refractivity contribution in [1.82, 2.24) is 0 Å². The lowest BCUT2D eigenvalue weighted by Gasteiger charge is -2.33. The van der Waals surface area contributed by atoms with Gasteiger partial charge in [0.1, 0.15) is 17.9 Å². The van der Waals surface area contributed by atoms with Gasteiger partial charge in [0.05, 0.1) is 0 Å². The summed E-state index contributed by atoms with van der Waals surface area (Å²) < 4.78 is 10.6. The highest BCUT2D eigenvalue weighted by atomic mass is 127. The van der Waals surface area contributed by atoms with Crippen molar-refractivity contribution < 1.29 is 4.68 Å². The van der Waals surface area contributed by atoms with Gasteiger partial charge in [-0.25, -0.2) is 0 Å². The van der Waals surface area contributed by atoms with Crippen molar-refractivity contribution in [1.29, 1.82) is 0 Å². The molecular weight excluding hydrogens is 766 g/mol. The Morgan fingerprint density at radius 1 is 0.596 bits per heavy atom. The third-order valence-electron chi connectivity index (χ3n) is 10.1. The molecule has 0 atom stereocenters. The maximum atomic E-state index is 5.58. The largest absolute Gasteiger partial charge is 0.498 e. The lowest BCUT2D eigenvalue weighted by Crippen LogP contribution is -2.31. The minimum Gasteiger partial charge on any atom is -0.498 e. The number of anilines is 2. The van der Waals surface area contributed by atoms with Crippen LogP contribution in [-0.2, 0) is 6.54 Å². The number of halogens is 1. The number of hydrogen-bond acceptors (Lipinski definition) is 1. The van der Waals surface area contributed by atoms with Crippen LogP contribution in [0.15, 0.2) is 170 Å². The first kappa shape index (κ1) is 31.1. The molecule has 0 saturated heterocycles. The van der Waals surface area contributed by atoms with Crippen molar-refractivity contribution >= 4 is 99.2 Å². The van der Waals surface area contributed by atoms with Crippen LogP contribution in [0.4, 0.5) is 17.1 Å².